The van der Waals surface area contributed by atoms with Gasteiger partial charge in [-0.15, -0.1) is 11.3 Å². The summed E-state index contributed by atoms with van der Waals surface area (Å²) in [7, 11) is 0. The molecule has 0 aliphatic rings. The van der Waals surface area contributed by atoms with E-state index in [2.05, 4.69) is 4.98 Å². The average molecular weight is 314 g/mol. The molecule has 0 fully saturated rings. The van der Waals surface area contributed by atoms with Gasteiger partial charge >= 0.3 is 5.97 Å². The molecule has 3 rings (SSSR count). The van der Waals surface area contributed by atoms with Crippen molar-refractivity contribution in [3.05, 3.63) is 68.6 Å². The van der Waals surface area contributed by atoms with Crippen molar-refractivity contribution < 1.29 is 9.53 Å². The summed E-state index contributed by atoms with van der Waals surface area (Å²) in [4.78, 5) is 28.9. The molecule has 3 aromatic rings. The van der Waals surface area contributed by atoms with Crippen LogP contribution in [0.1, 0.15) is 27.2 Å². The van der Waals surface area contributed by atoms with E-state index < -0.39 is 5.97 Å². The Labute approximate surface area is 130 Å². The number of fused-ring (bicyclic) bond motifs is 1. The molecule has 0 unspecified atom stereocenters. The molecule has 1 aromatic carbocycles. The van der Waals surface area contributed by atoms with Crippen LogP contribution in [-0.2, 0) is 11.3 Å². The average Bonchev–Trinajstić information content (AvgIpc) is 2.93. The number of nitrogens with zero attached hydrogens (tertiary/aromatic N) is 2. The largest absolute Gasteiger partial charge is 0.456 e. The highest BCUT2D eigenvalue weighted by atomic mass is 32.1. The Kier molecular flexibility index (Phi) is 3.77. The van der Waals surface area contributed by atoms with Gasteiger partial charge in [0.05, 0.1) is 11.3 Å². The molecule has 6 heteroatoms. The standard InChI is InChI=1S/C16H14N2O3S/c1-10-3-4-13(11(2)7-10)15(20)21-9-12-8-14(19)18-5-6-22-16(18)17-12/h3-8H,9H2,1-2H3. The van der Waals surface area contributed by atoms with E-state index in [-0.39, 0.29) is 12.2 Å². The quantitative estimate of drug-likeness (QED) is 0.697. The van der Waals surface area contributed by atoms with Crippen LogP contribution in [0, 0.1) is 13.8 Å². The fraction of sp³-hybridized carbons (Fsp3) is 0.188. The first kappa shape index (κ1) is 14.5. The first-order chi connectivity index (χ1) is 10.5. The van der Waals surface area contributed by atoms with Crippen LogP contribution in [0.25, 0.3) is 4.96 Å². The lowest BCUT2D eigenvalue weighted by molar-refractivity contribution is 0.0467. The van der Waals surface area contributed by atoms with E-state index in [0.29, 0.717) is 16.2 Å². The van der Waals surface area contributed by atoms with Crippen molar-refractivity contribution in [2.75, 3.05) is 0 Å². The third-order valence-corrected chi connectivity index (χ3v) is 4.07. The molecule has 0 radical (unpaired) electrons. The van der Waals surface area contributed by atoms with Crippen molar-refractivity contribution in [1.82, 2.24) is 9.38 Å². The number of benzene rings is 1. The second-order valence-corrected chi connectivity index (χ2v) is 5.91. The van der Waals surface area contributed by atoms with Crippen molar-refractivity contribution in [2.24, 2.45) is 0 Å². The lowest BCUT2D eigenvalue weighted by Gasteiger charge is -2.07. The molecule has 0 amide bonds. The number of carbonyl (C=O) groups excluding carboxylic acids is 1. The van der Waals surface area contributed by atoms with Crippen molar-refractivity contribution in [1.29, 1.82) is 0 Å². The van der Waals surface area contributed by atoms with E-state index in [9.17, 15) is 9.59 Å². The highest BCUT2D eigenvalue weighted by Crippen LogP contribution is 2.13. The predicted octanol–water partition coefficient (Wildman–Crippen LogP) is 2.73. The molecule has 0 atom stereocenters. The van der Waals surface area contributed by atoms with Crippen molar-refractivity contribution in [3.8, 4) is 0 Å². The molecular formula is C16H14N2O3S. The number of ether oxygens (including phenoxy) is 1. The number of rotatable bonds is 3. The molecule has 5 nitrogen and oxygen atoms in total. The molecule has 22 heavy (non-hydrogen) atoms. The fourth-order valence-electron chi connectivity index (χ4n) is 2.22. The Bertz CT molecular complexity index is 911. The van der Waals surface area contributed by atoms with Crippen LogP contribution in [0.5, 0.6) is 0 Å². The number of aromatic nitrogens is 2. The van der Waals surface area contributed by atoms with Gasteiger partial charge in [-0.25, -0.2) is 9.78 Å². The van der Waals surface area contributed by atoms with E-state index in [1.807, 2.05) is 26.0 Å². The Morgan fingerprint density at radius 3 is 2.91 bits per heavy atom. The number of hydrogen-bond donors (Lipinski definition) is 0. The fourth-order valence-corrected chi connectivity index (χ4v) is 2.96. The molecule has 0 aliphatic heterocycles. The summed E-state index contributed by atoms with van der Waals surface area (Å²) in [5.41, 5.74) is 2.76. The molecule has 0 spiro atoms. The molecule has 0 saturated carbocycles. The molecular weight excluding hydrogens is 300 g/mol. The first-order valence-corrected chi connectivity index (χ1v) is 7.63. The minimum atomic E-state index is -0.411. The van der Waals surface area contributed by atoms with Crippen LogP contribution in [0.4, 0.5) is 0 Å². The third kappa shape index (κ3) is 2.78. The van der Waals surface area contributed by atoms with Gasteiger partial charge in [0.25, 0.3) is 5.56 Å². The second kappa shape index (κ2) is 5.73. The summed E-state index contributed by atoms with van der Waals surface area (Å²) in [6.07, 6.45) is 1.67. The van der Waals surface area contributed by atoms with E-state index in [1.165, 1.54) is 21.8 Å². The van der Waals surface area contributed by atoms with E-state index in [0.717, 1.165) is 11.1 Å². The lowest BCUT2D eigenvalue weighted by atomic mass is 10.1. The van der Waals surface area contributed by atoms with Gasteiger partial charge in [-0.3, -0.25) is 9.20 Å². The summed E-state index contributed by atoms with van der Waals surface area (Å²) >= 11 is 1.36. The molecule has 0 bridgehead atoms. The van der Waals surface area contributed by atoms with Gasteiger partial charge in [-0.1, -0.05) is 17.7 Å². The van der Waals surface area contributed by atoms with E-state index in [1.54, 1.807) is 17.6 Å². The normalized spacial score (nSPS) is 10.8. The minimum absolute atomic E-state index is 0.0181. The van der Waals surface area contributed by atoms with Crippen LogP contribution in [0.2, 0.25) is 0 Å². The van der Waals surface area contributed by atoms with E-state index in [4.69, 9.17) is 4.74 Å². The number of thiazole rings is 1. The summed E-state index contributed by atoms with van der Waals surface area (Å²) in [5.74, 6) is -0.411. The number of esters is 1. The SMILES string of the molecule is Cc1ccc(C(=O)OCc2cc(=O)n3ccsc3n2)c(C)c1. The number of hydrogen-bond acceptors (Lipinski definition) is 5. The van der Waals surface area contributed by atoms with Gasteiger partial charge in [-0.05, 0) is 25.5 Å². The molecule has 0 aliphatic carbocycles. The highest BCUT2D eigenvalue weighted by Gasteiger charge is 2.12. The maximum atomic E-state index is 12.1. The summed E-state index contributed by atoms with van der Waals surface area (Å²) in [6.45, 7) is 3.82. The van der Waals surface area contributed by atoms with Crippen molar-refractivity contribution in [2.45, 2.75) is 20.5 Å². The molecule has 2 aromatic heterocycles. The Hall–Kier alpha value is -2.47. The Morgan fingerprint density at radius 2 is 2.14 bits per heavy atom. The van der Waals surface area contributed by atoms with E-state index >= 15 is 0 Å². The monoisotopic (exact) mass is 314 g/mol. The van der Waals surface area contributed by atoms with Crippen LogP contribution < -0.4 is 5.56 Å². The van der Waals surface area contributed by atoms with Crippen LogP contribution in [-0.4, -0.2) is 15.4 Å². The highest BCUT2D eigenvalue weighted by molar-refractivity contribution is 7.15. The van der Waals surface area contributed by atoms with Gasteiger partial charge in [0.15, 0.2) is 4.96 Å². The smallest absolute Gasteiger partial charge is 0.338 e. The molecule has 0 N–H and O–H groups in total. The minimum Gasteiger partial charge on any atom is -0.456 e. The van der Waals surface area contributed by atoms with Crippen molar-refractivity contribution >= 4 is 22.3 Å². The zero-order valence-electron chi connectivity index (χ0n) is 12.2. The molecule has 2 heterocycles. The van der Waals surface area contributed by atoms with Crippen LogP contribution >= 0.6 is 11.3 Å². The predicted molar refractivity (Wildman–Crippen MR) is 84.4 cm³/mol. The van der Waals surface area contributed by atoms with Crippen molar-refractivity contribution in [3.63, 3.8) is 0 Å². The molecule has 112 valence electrons. The van der Waals surface area contributed by atoms with Gasteiger partial charge in [-0.2, -0.15) is 0 Å². The first-order valence-electron chi connectivity index (χ1n) is 6.75. The summed E-state index contributed by atoms with van der Waals surface area (Å²) in [6, 6.07) is 6.93. The lowest BCUT2D eigenvalue weighted by Crippen LogP contribution is -2.15. The Balaban J connectivity index is 1.78. The Morgan fingerprint density at radius 1 is 1.32 bits per heavy atom. The topological polar surface area (TPSA) is 60.7 Å². The third-order valence-electron chi connectivity index (χ3n) is 3.31. The zero-order valence-corrected chi connectivity index (χ0v) is 13.0. The maximum Gasteiger partial charge on any atom is 0.338 e. The van der Waals surface area contributed by atoms with Gasteiger partial charge in [0, 0.05) is 17.6 Å². The second-order valence-electron chi connectivity index (χ2n) is 5.04. The summed E-state index contributed by atoms with van der Waals surface area (Å²) < 4.78 is 6.73. The van der Waals surface area contributed by atoms with Gasteiger partial charge in [0.2, 0.25) is 0 Å². The van der Waals surface area contributed by atoms with Gasteiger partial charge < -0.3 is 4.74 Å². The number of carbonyl (C=O) groups is 1. The number of aryl methyl sites for hydroxylation is 2. The zero-order chi connectivity index (χ0) is 15.7. The van der Waals surface area contributed by atoms with Crippen LogP contribution in [0.15, 0.2) is 40.6 Å². The van der Waals surface area contributed by atoms with Gasteiger partial charge in [0.1, 0.15) is 6.61 Å². The maximum absolute atomic E-state index is 12.1. The molecule has 0 saturated heterocycles. The van der Waals surface area contributed by atoms with Crippen LogP contribution in [0.3, 0.4) is 0 Å². The summed E-state index contributed by atoms with van der Waals surface area (Å²) in [5, 5.41) is 1.79.